The van der Waals surface area contributed by atoms with Crippen molar-refractivity contribution in [1.82, 2.24) is 0 Å². The lowest BCUT2D eigenvalue weighted by molar-refractivity contribution is 0.483. The molecular formula is C24H16Cl2O. The summed E-state index contributed by atoms with van der Waals surface area (Å²) in [5, 5.41) is 1.46. The van der Waals surface area contributed by atoms with Gasteiger partial charge in [-0.25, -0.2) is 0 Å². The van der Waals surface area contributed by atoms with Crippen LogP contribution < -0.4 is 4.74 Å². The maximum absolute atomic E-state index is 6.03. The largest absolute Gasteiger partial charge is 0.457 e. The Hall–Kier alpha value is -2.74. The second-order valence-electron chi connectivity index (χ2n) is 6.17. The third-order valence-electron chi connectivity index (χ3n) is 4.28. The van der Waals surface area contributed by atoms with Crippen LogP contribution in [-0.2, 0) is 0 Å². The van der Waals surface area contributed by atoms with Crippen LogP contribution in [0.2, 0.25) is 10.0 Å². The molecule has 0 radical (unpaired) electrons. The summed E-state index contributed by atoms with van der Waals surface area (Å²) in [5.41, 5.74) is 4.43. The Kier molecular flexibility index (Phi) is 5.15. The van der Waals surface area contributed by atoms with E-state index in [1.54, 1.807) is 0 Å². The normalized spacial score (nSPS) is 10.6. The van der Waals surface area contributed by atoms with E-state index >= 15 is 0 Å². The highest BCUT2D eigenvalue weighted by atomic mass is 35.5. The van der Waals surface area contributed by atoms with Crippen LogP contribution in [0.5, 0.6) is 11.5 Å². The first kappa shape index (κ1) is 17.7. The Morgan fingerprint density at radius 3 is 1.48 bits per heavy atom. The van der Waals surface area contributed by atoms with Crippen molar-refractivity contribution in [2.24, 2.45) is 0 Å². The van der Waals surface area contributed by atoms with Crippen LogP contribution in [0.4, 0.5) is 0 Å². The molecule has 3 heteroatoms. The average Bonchev–Trinajstić information content (AvgIpc) is 2.70. The molecule has 0 aliphatic heterocycles. The highest BCUT2D eigenvalue weighted by Gasteiger charge is 2.03. The zero-order valence-electron chi connectivity index (χ0n) is 14.4. The van der Waals surface area contributed by atoms with Gasteiger partial charge in [0.2, 0.25) is 0 Å². The van der Waals surface area contributed by atoms with Gasteiger partial charge in [-0.05, 0) is 70.8 Å². The highest BCUT2D eigenvalue weighted by molar-refractivity contribution is 6.30. The molecule has 4 rings (SSSR count). The minimum Gasteiger partial charge on any atom is -0.457 e. The molecule has 4 aromatic rings. The van der Waals surface area contributed by atoms with E-state index in [2.05, 4.69) is 6.07 Å². The number of benzene rings is 4. The van der Waals surface area contributed by atoms with E-state index in [1.165, 1.54) is 0 Å². The quantitative estimate of drug-likeness (QED) is 0.341. The van der Waals surface area contributed by atoms with Gasteiger partial charge in [-0.2, -0.15) is 0 Å². The van der Waals surface area contributed by atoms with Crippen molar-refractivity contribution in [3.05, 3.63) is 107 Å². The van der Waals surface area contributed by atoms with E-state index < -0.39 is 0 Å². The van der Waals surface area contributed by atoms with Gasteiger partial charge >= 0.3 is 0 Å². The van der Waals surface area contributed by atoms with Gasteiger partial charge in [0.05, 0.1) is 0 Å². The van der Waals surface area contributed by atoms with Gasteiger partial charge in [-0.1, -0.05) is 71.7 Å². The third kappa shape index (κ3) is 4.33. The summed E-state index contributed by atoms with van der Waals surface area (Å²) in [5.74, 6) is 1.59. The Morgan fingerprint density at radius 1 is 0.444 bits per heavy atom. The molecule has 0 fully saturated rings. The van der Waals surface area contributed by atoms with Crippen LogP contribution >= 0.6 is 23.2 Å². The first-order valence-corrected chi connectivity index (χ1v) is 9.33. The molecule has 0 bridgehead atoms. The smallest absolute Gasteiger partial charge is 0.128 e. The summed E-state index contributed by atoms with van der Waals surface area (Å²) in [6.07, 6.45) is 0. The van der Waals surface area contributed by atoms with E-state index in [1.807, 2.05) is 91.0 Å². The minimum absolute atomic E-state index is 0.729. The molecule has 0 spiro atoms. The van der Waals surface area contributed by atoms with Crippen LogP contribution in [0.15, 0.2) is 97.1 Å². The Balaban J connectivity index is 1.53. The summed E-state index contributed by atoms with van der Waals surface area (Å²) in [6.45, 7) is 0. The van der Waals surface area contributed by atoms with Crippen molar-refractivity contribution in [1.29, 1.82) is 0 Å². The van der Waals surface area contributed by atoms with Gasteiger partial charge < -0.3 is 4.74 Å². The Morgan fingerprint density at radius 2 is 0.926 bits per heavy atom. The topological polar surface area (TPSA) is 9.23 Å². The van der Waals surface area contributed by atoms with Crippen molar-refractivity contribution in [2.45, 2.75) is 0 Å². The lowest BCUT2D eigenvalue weighted by Crippen LogP contribution is -1.86. The van der Waals surface area contributed by atoms with E-state index in [0.29, 0.717) is 0 Å². The molecule has 0 aliphatic carbocycles. The Bertz CT molecular complexity index is 1040. The van der Waals surface area contributed by atoms with Crippen molar-refractivity contribution in [3.63, 3.8) is 0 Å². The average molecular weight is 391 g/mol. The summed E-state index contributed by atoms with van der Waals surface area (Å²) in [6, 6.07) is 31.6. The van der Waals surface area contributed by atoms with Crippen molar-refractivity contribution in [3.8, 4) is 33.8 Å². The molecular weight excluding hydrogens is 375 g/mol. The first-order chi connectivity index (χ1) is 13.2. The van der Waals surface area contributed by atoms with E-state index in [9.17, 15) is 0 Å². The first-order valence-electron chi connectivity index (χ1n) is 8.57. The summed E-state index contributed by atoms with van der Waals surface area (Å²) < 4.78 is 6.03. The fourth-order valence-corrected chi connectivity index (χ4v) is 3.13. The molecule has 1 nitrogen and oxygen atoms in total. The molecule has 0 saturated heterocycles. The van der Waals surface area contributed by atoms with Gasteiger partial charge in [0.25, 0.3) is 0 Å². The van der Waals surface area contributed by atoms with Crippen LogP contribution in [0.25, 0.3) is 22.3 Å². The maximum atomic E-state index is 6.03. The van der Waals surface area contributed by atoms with E-state index in [0.717, 1.165) is 43.8 Å². The summed E-state index contributed by atoms with van der Waals surface area (Å²) in [7, 11) is 0. The van der Waals surface area contributed by atoms with E-state index in [4.69, 9.17) is 27.9 Å². The van der Waals surface area contributed by atoms with Crippen molar-refractivity contribution in [2.75, 3.05) is 0 Å². The zero-order valence-corrected chi connectivity index (χ0v) is 15.9. The standard InChI is InChI=1S/C24H16Cl2O/c25-21-10-4-17(5-11-21)18-8-14-23(15-9-18)27-24-3-1-2-20(16-24)19-6-12-22(26)13-7-19/h1-16H. The maximum Gasteiger partial charge on any atom is 0.128 e. The molecule has 0 saturated carbocycles. The Labute approximate surface area is 168 Å². The molecule has 4 aromatic carbocycles. The number of ether oxygens (including phenoxy) is 1. The third-order valence-corrected chi connectivity index (χ3v) is 4.78. The fourth-order valence-electron chi connectivity index (χ4n) is 2.88. The molecule has 0 aliphatic rings. The van der Waals surface area contributed by atoms with Crippen molar-refractivity contribution < 1.29 is 4.74 Å². The molecule has 0 aromatic heterocycles. The molecule has 0 N–H and O–H groups in total. The van der Waals surface area contributed by atoms with Crippen LogP contribution in [0, 0.1) is 0 Å². The van der Waals surface area contributed by atoms with E-state index in [-0.39, 0.29) is 0 Å². The predicted octanol–water partition coefficient (Wildman–Crippen LogP) is 8.12. The van der Waals surface area contributed by atoms with Crippen LogP contribution in [-0.4, -0.2) is 0 Å². The van der Waals surface area contributed by atoms with Crippen molar-refractivity contribution >= 4 is 23.2 Å². The number of rotatable bonds is 4. The summed E-state index contributed by atoms with van der Waals surface area (Å²) >= 11 is 11.9. The highest BCUT2D eigenvalue weighted by Crippen LogP contribution is 2.30. The lowest BCUT2D eigenvalue weighted by atomic mass is 10.1. The molecule has 27 heavy (non-hydrogen) atoms. The lowest BCUT2D eigenvalue weighted by Gasteiger charge is -2.09. The molecule has 0 amide bonds. The number of hydrogen-bond acceptors (Lipinski definition) is 1. The minimum atomic E-state index is 0.729. The summed E-state index contributed by atoms with van der Waals surface area (Å²) in [4.78, 5) is 0. The van der Waals surface area contributed by atoms with Gasteiger partial charge in [-0.3, -0.25) is 0 Å². The molecule has 0 atom stereocenters. The molecule has 0 heterocycles. The monoisotopic (exact) mass is 390 g/mol. The zero-order chi connectivity index (χ0) is 18.6. The number of halogens is 2. The van der Waals surface area contributed by atoms with Crippen LogP contribution in [0.1, 0.15) is 0 Å². The SMILES string of the molecule is Clc1ccc(-c2ccc(Oc3cccc(-c4ccc(Cl)cc4)c3)cc2)cc1. The second kappa shape index (κ2) is 7.87. The fraction of sp³-hybridized carbons (Fsp3) is 0. The van der Waals surface area contributed by atoms with Gasteiger partial charge in [0.1, 0.15) is 11.5 Å². The van der Waals surface area contributed by atoms with Crippen LogP contribution in [0.3, 0.4) is 0 Å². The van der Waals surface area contributed by atoms with Gasteiger partial charge in [-0.15, -0.1) is 0 Å². The number of hydrogen-bond donors (Lipinski definition) is 0. The second-order valence-corrected chi connectivity index (χ2v) is 7.04. The van der Waals surface area contributed by atoms with Gasteiger partial charge in [0, 0.05) is 10.0 Å². The van der Waals surface area contributed by atoms with Gasteiger partial charge in [0.15, 0.2) is 0 Å². The predicted molar refractivity (Wildman–Crippen MR) is 114 cm³/mol. The molecule has 0 unspecified atom stereocenters. The molecule has 132 valence electrons.